The summed E-state index contributed by atoms with van der Waals surface area (Å²) in [5, 5.41) is 20.9. The SMILES string of the molecule is CCN1/C(=C/C=C/C=C/C2=[N+](CCCCS(=O)(=O)[O-])c3ccc(C(=O)NCCOCCOCCNC(=O)CC[C@H](NC(=O)c4ccc(NCc5cnc6nc(N)[nH]c(=O)c6n5)cc4)C(=O)O)cc3C2(C)C)C(C)(C)c2c1ccc1c(S(=O)(=O)[O-])cc(S(=O)(=O)[O-])cc21.[K+].[K+]. The summed E-state index contributed by atoms with van der Waals surface area (Å²) < 4.78 is 121. The van der Waals surface area contributed by atoms with Gasteiger partial charge in [-0.3, -0.25) is 24.2 Å². The number of anilines is 3. The number of carboxylic acid groups (broad SMARTS) is 1. The van der Waals surface area contributed by atoms with Gasteiger partial charge in [-0.25, -0.2) is 40.0 Å². The number of hydrogen-bond donors (Lipinski definition) is 7. The average molecular weight is 1400 g/mol. The summed E-state index contributed by atoms with van der Waals surface area (Å²) in [4.78, 5) is 78.2. The number of aromatic nitrogens is 4. The number of likely N-dealkylation sites (N-methyl/N-ethyl adjacent to an activating group) is 1. The maximum Gasteiger partial charge on any atom is 1.00 e. The van der Waals surface area contributed by atoms with E-state index in [4.69, 9.17) is 15.2 Å². The van der Waals surface area contributed by atoms with Crippen LogP contribution < -0.4 is 140 Å². The van der Waals surface area contributed by atoms with Crippen LogP contribution in [0.25, 0.3) is 21.9 Å². The van der Waals surface area contributed by atoms with Crippen LogP contribution in [0.2, 0.25) is 0 Å². The number of carboxylic acids is 1. The number of aliphatic carboxylic acids is 1. The second kappa shape index (κ2) is 33.1. The first kappa shape index (κ1) is 77.5. The summed E-state index contributed by atoms with van der Waals surface area (Å²) in [5.74, 6) is -3.40. The first-order valence-corrected chi connectivity index (χ1v) is 33.5. The van der Waals surface area contributed by atoms with Crippen molar-refractivity contribution >= 4 is 105 Å². The molecule has 2 aliphatic rings. The Bertz CT molecular complexity index is 4410. The van der Waals surface area contributed by atoms with Gasteiger partial charge in [0.1, 0.15) is 32.8 Å². The van der Waals surface area contributed by atoms with Crippen LogP contribution >= 0.6 is 0 Å². The van der Waals surface area contributed by atoms with Gasteiger partial charge in [-0.1, -0.05) is 38.1 Å². The van der Waals surface area contributed by atoms with Crippen LogP contribution in [0.3, 0.4) is 0 Å². The number of aromatic amines is 1. The number of benzene rings is 4. The Balaban J connectivity index is 0.00000700. The van der Waals surface area contributed by atoms with Gasteiger partial charge in [0.05, 0.1) is 70.2 Å². The largest absolute Gasteiger partial charge is 1.00 e. The molecular weight excluding hydrogens is 1330 g/mol. The number of nitrogens with zero attached hydrogens (tertiary/aromatic N) is 5. The van der Waals surface area contributed by atoms with Crippen LogP contribution in [-0.4, -0.2) is 162 Å². The van der Waals surface area contributed by atoms with Gasteiger partial charge in [0, 0.05) is 89.5 Å². The number of carbonyl (C=O) groups is 4. The fourth-order valence-corrected chi connectivity index (χ4v) is 12.9. The van der Waals surface area contributed by atoms with Crippen LogP contribution in [0.1, 0.15) is 97.8 Å². The Morgan fingerprint density at radius 2 is 1.48 bits per heavy atom. The van der Waals surface area contributed by atoms with Gasteiger partial charge in [-0.05, 0) is 111 Å². The number of nitrogen functional groups attached to an aromatic ring is 1. The number of nitrogens with one attached hydrogen (secondary N) is 5. The summed E-state index contributed by atoms with van der Waals surface area (Å²) in [6, 6.07) is 14.9. The van der Waals surface area contributed by atoms with Crippen LogP contribution in [-0.2, 0) is 66.8 Å². The fraction of sp³-hybridized carbons (Fsp3) is 0.361. The zero-order valence-electron chi connectivity index (χ0n) is 52.8. The molecule has 0 aliphatic carbocycles. The number of ether oxygens (including phenoxy) is 2. The molecule has 0 saturated heterocycles. The second-order valence-electron chi connectivity index (χ2n) is 22.6. The maximum absolute atomic E-state index is 13.5. The van der Waals surface area contributed by atoms with Crippen molar-refractivity contribution in [3.05, 3.63) is 147 Å². The zero-order chi connectivity index (χ0) is 66.9. The third-order valence-corrected chi connectivity index (χ3v) is 18.0. The number of H-pyrrole nitrogens is 1. The van der Waals surface area contributed by atoms with Gasteiger partial charge in [-0.2, -0.15) is 9.56 Å². The van der Waals surface area contributed by atoms with Crippen molar-refractivity contribution in [2.24, 2.45) is 0 Å². The topological polar surface area (TPSA) is 430 Å². The number of nitrogens with two attached hydrogens (primary N) is 1. The summed E-state index contributed by atoms with van der Waals surface area (Å²) in [6.45, 7) is 11.5. The number of carbonyl (C=O) groups excluding carboxylic acids is 3. The minimum absolute atomic E-state index is 0. The van der Waals surface area contributed by atoms with Crippen molar-refractivity contribution in [3.8, 4) is 0 Å². The average Bonchev–Trinajstić information content (AvgIpc) is 1.53. The monoisotopic (exact) mass is 1400 g/mol. The van der Waals surface area contributed by atoms with E-state index in [0.717, 1.165) is 28.7 Å². The van der Waals surface area contributed by atoms with Crippen LogP contribution in [0.4, 0.5) is 23.0 Å². The van der Waals surface area contributed by atoms with Gasteiger partial charge < -0.3 is 60.1 Å². The molecule has 8 N–H and O–H groups in total. The first-order valence-electron chi connectivity index (χ1n) is 29.1. The predicted octanol–water partition coefficient (Wildman–Crippen LogP) is -2.07. The molecule has 2 aliphatic heterocycles. The van der Waals surface area contributed by atoms with E-state index < -0.39 is 86.1 Å². The van der Waals surface area contributed by atoms with Crippen molar-refractivity contribution in [1.82, 2.24) is 35.9 Å². The summed E-state index contributed by atoms with van der Waals surface area (Å²) >= 11 is 0. The molecule has 0 saturated carbocycles. The zero-order valence-corrected chi connectivity index (χ0v) is 61.5. The molecule has 33 heteroatoms. The number of unbranched alkanes of at least 4 members (excludes halogenated alkanes) is 1. The molecule has 0 radical (unpaired) electrons. The van der Waals surface area contributed by atoms with Crippen molar-refractivity contribution in [3.63, 3.8) is 0 Å². The van der Waals surface area contributed by atoms with Gasteiger partial charge in [0.25, 0.3) is 17.4 Å². The molecule has 3 amide bonds. The smallest absolute Gasteiger partial charge is 0.748 e. The third kappa shape index (κ3) is 19.4. The van der Waals surface area contributed by atoms with Crippen LogP contribution in [0.15, 0.2) is 124 Å². The first-order chi connectivity index (χ1) is 43.4. The fourth-order valence-electron chi connectivity index (χ4n) is 11.1. The molecule has 8 rings (SSSR count). The number of rotatable bonds is 30. The van der Waals surface area contributed by atoms with Gasteiger partial charge in [0.15, 0.2) is 16.9 Å². The van der Waals surface area contributed by atoms with Gasteiger partial charge >= 0.3 is 109 Å². The van der Waals surface area contributed by atoms with E-state index in [1.165, 1.54) is 24.4 Å². The van der Waals surface area contributed by atoms with E-state index in [-0.39, 0.29) is 207 Å². The molecule has 4 heterocycles. The van der Waals surface area contributed by atoms with Crippen LogP contribution in [0.5, 0.6) is 0 Å². The van der Waals surface area contributed by atoms with E-state index in [9.17, 15) is 68.0 Å². The molecule has 94 heavy (non-hydrogen) atoms. The molecule has 2 aromatic heterocycles. The summed E-state index contributed by atoms with van der Waals surface area (Å²) in [7, 11) is -14.8. The molecule has 0 spiro atoms. The molecular formula is C61H69K2N11O17S3. The van der Waals surface area contributed by atoms with E-state index in [0.29, 0.717) is 53.8 Å². The number of fused-ring (bicyclic) bond motifs is 5. The van der Waals surface area contributed by atoms with E-state index in [1.54, 1.807) is 42.5 Å². The Morgan fingerprint density at radius 3 is 2.13 bits per heavy atom. The molecule has 1 atom stereocenters. The Kier molecular flexibility index (Phi) is 27.3. The Hall–Kier alpha value is -5.55. The van der Waals surface area contributed by atoms with Gasteiger partial charge in [0.2, 0.25) is 17.5 Å². The molecule has 28 nitrogen and oxygen atoms in total. The maximum atomic E-state index is 13.5. The minimum Gasteiger partial charge on any atom is -0.748 e. The van der Waals surface area contributed by atoms with Crippen molar-refractivity contribution < 1.29 is 180 Å². The number of hydrogen-bond acceptors (Lipinski definition) is 22. The van der Waals surface area contributed by atoms with Crippen LogP contribution in [0, 0.1) is 0 Å². The standard InChI is InChI=1S/C61H71N11O17S3.2K/c1-6-71-47-22-19-42-43(33-41(91(82,83)84)34-48(42)92(85,86)87)52(47)61(4,5)50(71)13-9-7-8-12-49-60(2,3)44-32-38(16-21-46(44)72(49)26-10-11-31-90(79,80)81)55(74)64-25-28-89-30-29-88-27-24-63-51(73)23-20-45(58(77)78)68-56(75)37-14-17-39(18-15-37)65-35-40-36-66-54-53(67-40)57(76)70-59(62)69-54;;/h7-9,12-19,21-22,32-34,36,45H,6,10-11,20,23-31,35H2,1-5H3,(H10-,62,63,64,65,66,68,69,70,73,74,75,76,77,78,79,80,81,82,83,84,85,86,87);;/q;2*+1/p-2/t45-;;/m0../s1. The molecule has 6 aromatic rings. The molecule has 490 valence electrons. The van der Waals surface area contributed by atoms with Crippen molar-refractivity contribution in [1.29, 1.82) is 0 Å². The Labute approximate surface area is 628 Å². The molecule has 0 bridgehead atoms. The van der Waals surface area contributed by atoms with E-state index in [1.807, 2.05) is 68.4 Å². The Morgan fingerprint density at radius 1 is 0.798 bits per heavy atom. The third-order valence-electron chi connectivity index (χ3n) is 15.5. The van der Waals surface area contributed by atoms with E-state index in [2.05, 4.69) is 41.2 Å². The quantitative estimate of drug-likeness (QED) is 0.00838. The summed E-state index contributed by atoms with van der Waals surface area (Å²) in [5.41, 5.74) is 9.48. The van der Waals surface area contributed by atoms with Crippen molar-refractivity contribution in [2.75, 3.05) is 74.3 Å². The molecule has 0 unspecified atom stereocenters. The van der Waals surface area contributed by atoms with E-state index >= 15 is 0 Å². The minimum atomic E-state index is -5.20. The molecule has 0 fully saturated rings. The number of amides is 3. The summed E-state index contributed by atoms with van der Waals surface area (Å²) in [6.07, 6.45) is 10.7. The number of allylic oxidation sites excluding steroid dienone is 6. The molecule has 4 aromatic carbocycles. The predicted molar refractivity (Wildman–Crippen MR) is 337 cm³/mol. The van der Waals surface area contributed by atoms with Gasteiger partial charge in [-0.15, -0.1) is 0 Å². The van der Waals surface area contributed by atoms with Crippen molar-refractivity contribution in [2.45, 2.75) is 93.5 Å². The normalized spacial score (nSPS) is 15.0. The second-order valence-corrected chi connectivity index (χ2v) is 26.8.